The van der Waals surface area contributed by atoms with Gasteiger partial charge in [-0.05, 0) is 79.7 Å². The summed E-state index contributed by atoms with van der Waals surface area (Å²) in [6, 6.07) is 31.1. The Labute approximate surface area is 209 Å². The number of nitrogens with one attached hydrogen (secondary N) is 1. The minimum Gasteiger partial charge on any atom is -0.353 e. The maximum Gasteiger partial charge on any atom is 0.232 e. The number of amides is 1. The third-order valence-electron chi connectivity index (χ3n) is 8.74. The van der Waals surface area contributed by atoms with Crippen LogP contribution in [0.4, 0.5) is 0 Å². The maximum absolute atomic E-state index is 13.5. The number of rotatable bonds is 7. The van der Waals surface area contributed by atoms with Crippen molar-refractivity contribution in [1.29, 1.82) is 0 Å². The number of nitrogens with zero attached hydrogens (tertiary/aromatic N) is 1. The van der Waals surface area contributed by atoms with Gasteiger partial charge in [0.1, 0.15) is 0 Å². The van der Waals surface area contributed by atoms with Crippen molar-refractivity contribution in [1.82, 2.24) is 10.2 Å². The van der Waals surface area contributed by atoms with Crippen molar-refractivity contribution >= 4 is 5.91 Å². The van der Waals surface area contributed by atoms with Gasteiger partial charge in [-0.2, -0.15) is 0 Å². The highest BCUT2D eigenvalue weighted by atomic mass is 16.1. The third kappa shape index (κ3) is 4.54. The minimum absolute atomic E-state index is 0.136. The lowest BCUT2D eigenvalue weighted by atomic mass is 9.83. The Kier molecular flexibility index (Phi) is 6.43. The lowest BCUT2D eigenvalue weighted by Crippen LogP contribution is -2.40. The highest BCUT2D eigenvalue weighted by Crippen LogP contribution is 2.53. The van der Waals surface area contributed by atoms with Gasteiger partial charge in [0.2, 0.25) is 5.91 Å². The number of carbonyl (C=O) groups is 1. The Balaban J connectivity index is 1.03. The molecule has 1 saturated carbocycles. The van der Waals surface area contributed by atoms with Crippen molar-refractivity contribution in [2.75, 3.05) is 6.54 Å². The Morgan fingerprint density at radius 3 is 1.77 bits per heavy atom. The molecule has 3 aromatic carbocycles. The molecule has 1 saturated heterocycles. The van der Waals surface area contributed by atoms with Gasteiger partial charge in [0.25, 0.3) is 0 Å². The molecule has 180 valence electrons. The van der Waals surface area contributed by atoms with Gasteiger partial charge in [-0.1, -0.05) is 84.9 Å². The first-order chi connectivity index (χ1) is 17.3. The summed E-state index contributed by atoms with van der Waals surface area (Å²) < 4.78 is 0. The smallest absolute Gasteiger partial charge is 0.232 e. The average molecular weight is 465 g/mol. The first-order valence-corrected chi connectivity index (χ1v) is 13.5. The van der Waals surface area contributed by atoms with Crippen LogP contribution in [0.5, 0.6) is 0 Å². The Bertz CT molecular complexity index is 1070. The van der Waals surface area contributed by atoms with Crippen LogP contribution in [0.3, 0.4) is 0 Å². The molecule has 2 fully saturated rings. The van der Waals surface area contributed by atoms with Gasteiger partial charge >= 0.3 is 0 Å². The van der Waals surface area contributed by atoms with Crippen molar-refractivity contribution < 1.29 is 4.79 Å². The van der Waals surface area contributed by atoms with Crippen molar-refractivity contribution in [2.24, 2.45) is 5.92 Å². The molecule has 0 spiro atoms. The Morgan fingerprint density at radius 1 is 0.714 bits per heavy atom. The number of hydrogen-bond donors (Lipinski definition) is 1. The monoisotopic (exact) mass is 464 g/mol. The molecule has 35 heavy (non-hydrogen) atoms. The van der Waals surface area contributed by atoms with Crippen LogP contribution in [0.15, 0.2) is 84.9 Å². The summed E-state index contributed by atoms with van der Waals surface area (Å²) in [5.41, 5.74) is 5.29. The molecule has 0 radical (unpaired) electrons. The van der Waals surface area contributed by atoms with E-state index in [1.165, 1.54) is 38.6 Å². The van der Waals surface area contributed by atoms with Crippen molar-refractivity contribution in [3.8, 4) is 0 Å². The topological polar surface area (TPSA) is 32.3 Å². The standard InChI is InChI=1S/C32H36N2O/c35-32(31(24-9-3-1-4-10-24)25-11-5-2-6-12-25)33-26-17-15-23(16-18-26)21-22-34-29-19-20-30(34)28-14-8-7-13-27(28)29/h1-14,23,26,29-31H,15-22H2,(H,33,35). The van der Waals surface area contributed by atoms with E-state index < -0.39 is 0 Å². The summed E-state index contributed by atoms with van der Waals surface area (Å²) in [4.78, 5) is 16.2. The third-order valence-corrected chi connectivity index (χ3v) is 8.74. The lowest BCUT2D eigenvalue weighted by Gasteiger charge is -2.32. The molecule has 1 amide bonds. The SMILES string of the molecule is O=C(NC1CCC(CCN2C3CCC2c2ccccc23)CC1)C(c1ccccc1)c1ccccc1. The van der Waals surface area contributed by atoms with Crippen LogP contribution in [0.25, 0.3) is 0 Å². The van der Waals surface area contributed by atoms with E-state index >= 15 is 0 Å². The second-order valence-corrected chi connectivity index (χ2v) is 10.7. The normalized spacial score (nSPS) is 25.5. The van der Waals surface area contributed by atoms with Crippen LogP contribution in [0.1, 0.15) is 85.2 Å². The number of hydrogen-bond acceptors (Lipinski definition) is 2. The molecule has 3 nitrogen and oxygen atoms in total. The fourth-order valence-electron chi connectivity index (χ4n) is 6.96. The summed E-state index contributed by atoms with van der Waals surface area (Å²) >= 11 is 0. The molecule has 3 aromatic rings. The average Bonchev–Trinajstić information content (AvgIpc) is 3.46. The van der Waals surface area contributed by atoms with E-state index in [0.29, 0.717) is 18.1 Å². The van der Waals surface area contributed by atoms with E-state index in [1.54, 1.807) is 11.1 Å². The minimum atomic E-state index is -0.248. The molecule has 1 aliphatic carbocycles. The fraction of sp³-hybridized carbons (Fsp3) is 0.406. The molecule has 2 heterocycles. The molecule has 1 N–H and O–H groups in total. The van der Waals surface area contributed by atoms with E-state index in [0.717, 1.165) is 29.9 Å². The number of benzene rings is 3. The Hall–Kier alpha value is -2.91. The Morgan fingerprint density at radius 2 is 1.23 bits per heavy atom. The predicted molar refractivity (Wildman–Crippen MR) is 141 cm³/mol. The van der Waals surface area contributed by atoms with Gasteiger partial charge in [-0.15, -0.1) is 0 Å². The zero-order valence-electron chi connectivity index (χ0n) is 20.5. The quantitative estimate of drug-likeness (QED) is 0.418. The summed E-state index contributed by atoms with van der Waals surface area (Å²) in [5.74, 6) is 0.671. The van der Waals surface area contributed by atoms with Crippen LogP contribution in [0, 0.1) is 5.92 Å². The molecule has 2 bridgehead atoms. The predicted octanol–water partition coefficient (Wildman–Crippen LogP) is 6.78. The zero-order chi connectivity index (χ0) is 23.6. The lowest BCUT2D eigenvalue weighted by molar-refractivity contribution is -0.122. The van der Waals surface area contributed by atoms with E-state index in [2.05, 4.69) is 58.7 Å². The zero-order valence-corrected chi connectivity index (χ0v) is 20.5. The molecule has 6 rings (SSSR count). The van der Waals surface area contributed by atoms with Gasteiger partial charge < -0.3 is 5.32 Å². The van der Waals surface area contributed by atoms with Crippen molar-refractivity contribution in [3.63, 3.8) is 0 Å². The molecular weight excluding hydrogens is 428 g/mol. The van der Waals surface area contributed by atoms with Gasteiger partial charge in [0, 0.05) is 18.1 Å². The van der Waals surface area contributed by atoms with E-state index in [4.69, 9.17) is 0 Å². The molecule has 2 unspecified atom stereocenters. The molecule has 3 aliphatic rings. The summed E-state index contributed by atoms with van der Waals surface area (Å²) in [5, 5.41) is 3.42. The number of fused-ring (bicyclic) bond motifs is 5. The number of carbonyl (C=O) groups excluding carboxylic acids is 1. The largest absolute Gasteiger partial charge is 0.353 e. The van der Waals surface area contributed by atoms with Gasteiger partial charge in [0.05, 0.1) is 5.92 Å². The molecule has 0 aromatic heterocycles. The van der Waals surface area contributed by atoms with Crippen molar-refractivity contribution in [3.05, 3.63) is 107 Å². The van der Waals surface area contributed by atoms with E-state index in [1.807, 2.05) is 36.4 Å². The van der Waals surface area contributed by atoms with Crippen LogP contribution >= 0.6 is 0 Å². The van der Waals surface area contributed by atoms with Crippen LogP contribution in [-0.2, 0) is 4.79 Å². The fourth-order valence-corrected chi connectivity index (χ4v) is 6.96. The second-order valence-electron chi connectivity index (χ2n) is 10.7. The summed E-state index contributed by atoms with van der Waals surface area (Å²) in [7, 11) is 0. The van der Waals surface area contributed by atoms with Crippen molar-refractivity contribution in [2.45, 2.75) is 69.0 Å². The molecule has 3 heteroatoms. The first kappa shape index (κ1) is 22.5. The first-order valence-electron chi connectivity index (χ1n) is 13.5. The second kappa shape index (κ2) is 9.99. The summed E-state index contributed by atoms with van der Waals surface area (Å²) in [6.07, 6.45) is 8.58. The molecule has 2 aliphatic heterocycles. The van der Waals surface area contributed by atoms with E-state index in [-0.39, 0.29) is 11.8 Å². The van der Waals surface area contributed by atoms with Gasteiger partial charge in [-0.3, -0.25) is 9.69 Å². The maximum atomic E-state index is 13.5. The molecule has 2 atom stereocenters. The van der Waals surface area contributed by atoms with Crippen LogP contribution < -0.4 is 5.32 Å². The van der Waals surface area contributed by atoms with Crippen LogP contribution in [-0.4, -0.2) is 23.4 Å². The highest BCUT2D eigenvalue weighted by molar-refractivity contribution is 5.87. The van der Waals surface area contributed by atoms with Crippen LogP contribution in [0.2, 0.25) is 0 Å². The summed E-state index contributed by atoms with van der Waals surface area (Å²) in [6.45, 7) is 1.22. The van der Waals surface area contributed by atoms with Gasteiger partial charge in [0.15, 0.2) is 0 Å². The molecular formula is C32H36N2O. The highest BCUT2D eigenvalue weighted by Gasteiger charge is 2.43. The van der Waals surface area contributed by atoms with E-state index in [9.17, 15) is 4.79 Å². The van der Waals surface area contributed by atoms with Gasteiger partial charge in [-0.25, -0.2) is 0 Å².